The molecule has 2 aliphatic rings. The summed E-state index contributed by atoms with van der Waals surface area (Å²) in [5, 5.41) is -2.02. The number of para-hydroxylation sites is 1. The molecular weight excluding hydrogens is 509 g/mol. The van der Waals surface area contributed by atoms with Crippen molar-refractivity contribution in [3.05, 3.63) is 65.2 Å². The molecule has 2 aromatic rings. The number of benzene rings is 2. The summed E-state index contributed by atoms with van der Waals surface area (Å²) in [7, 11) is -5.00. The van der Waals surface area contributed by atoms with Crippen molar-refractivity contribution in [3.63, 3.8) is 0 Å². The van der Waals surface area contributed by atoms with Crippen LogP contribution in [0, 0.1) is 11.8 Å². The van der Waals surface area contributed by atoms with Gasteiger partial charge in [-0.2, -0.15) is 0 Å². The molecule has 2 aromatic carbocycles. The topological polar surface area (TPSA) is 138 Å². The van der Waals surface area contributed by atoms with Gasteiger partial charge in [0, 0.05) is 30.4 Å². The average molecular weight is 532 g/mol. The zero-order valence-electron chi connectivity index (χ0n) is 20.1. The van der Waals surface area contributed by atoms with Gasteiger partial charge in [-0.25, -0.2) is 8.42 Å². The minimum Gasteiger partial charge on any atom is -0.747 e. The van der Waals surface area contributed by atoms with Crippen LogP contribution in [0.15, 0.2) is 48.5 Å². The first-order valence-corrected chi connectivity index (χ1v) is 12.8. The molecule has 1 saturated carbocycles. The third-order valence-electron chi connectivity index (χ3n) is 6.05. The summed E-state index contributed by atoms with van der Waals surface area (Å²) in [5.41, 5.74) is 3.19. The van der Waals surface area contributed by atoms with E-state index in [0.29, 0.717) is 18.7 Å². The van der Waals surface area contributed by atoms with Crippen LogP contribution >= 0.6 is 0 Å². The molecule has 1 amide bonds. The maximum atomic E-state index is 13.2. The minimum absolute atomic E-state index is 0. The van der Waals surface area contributed by atoms with Gasteiger partial charge in [-0.15, -0.1) is 0 Å². The first-order chi connectivity index (χ1) is 17.1. The van der Waals surface area contributed by atoms with E-state index in [9.17, 15) is 32.1 Å². The first kappa shape index (κ1) is 28.8. The van der Waals surface area contributed by atoms with Crippen molar-refractivity contribution in [2.75, 3.05) is 4.90 Å². The third-order valence-corrected chi connectivity index (χ3v) is 7.14. The molecule has 1 aliphatic carbocycles. The molecule has 186 valence electrons. The fourth-order valence-electron chi connectivity index (χ4n) is 4.16. The number of hydrogen-bond donors (Lipinski definition) is 0. The van der Waals surface area contributed by atoms with Crippen LogP contribution < -0.4 is 34.5 Å². The molecule has 0 saturated heterocycles. The number of hydrogen-bond acceptors (Lipinski definition) is 8. The van der Waals surface area contributed by atoms with E-state index in [1.54, 1.807) is 4.90 Å². The summed E-state index contributed by atoms with van der Waals surface area (Å²) in [6, 6.07) is 15.0. The second kappa shape index (κ2) is 12.2. The second-order valence-electron chi connectivity index (χ2n) is 8.54. The molecule has 1 aliphatic heterocycles. The molecule has 0 radical (unpaired) electrons. The Bertz CT molecular complexity index is 1410. The number of anilines is 1. The molecule has 1 fully saturated rings. The number of unbranched alkanes of at least 4 members (excludes halogenated alkanes) is 1. The summed E-state index contributed by atoms with van der Waals surface area (Å²) in [6.45, 7) is 0.346. The Morgan fingerprint density at radius 2 is 1.59 bits per heavy atom. The molecule has 2 atom stereocenters. The van der Waals surface area contributed by atoms with Gasteiger partial charge in [0.1, 0.15) is 15.4 Å². The summed E-state index contributed by atoms with van der Waals surface area (Å²) in [6.07, 6.45) is -2.12. The smallest absolute Gasteiger partial charge is 0.747 e. The largest absolute Gasteiger partial charge is 1.00 e. The quantitative estimate of drug-likeness (QED) is 0.109. The van der Waals surface area contributed by atoms with E-state index >= 15 is 0 Å². The summed E-state index contributed by atoms with van der Waals surface area (Å²) < 4.78 is 38.1. The van der Waals surface area contributed by atoms with Crippen LogP contribution in [-0.4, -0.2) is 47.8 Å². The van der Waals surface area contributed by atoms with E-state index in [0.717, 1.165) is 16.7 Å². The van der Waals surface area contributed by atoms with Gasteiger partial charge in [0.25, 0.3) is 0 Å². The van der Waals surface area contributed by atoms with E-state index in [4.69, 9.17) is 4.74 Å². The van der Waals surface area contributed by atoms with Crippen LogP contribution in [0.3, 0.4) is 0 Å². The number of carbonyl (C=O) groups excluding carboxylic acids is 4. The maximum Gasteiger partial charge on any atom is 1.00 e. The van der Waals surface area contributed by atoms with E-state index < -0.39 is 45.4 Å². The number of fused-ring (bicyclic) bond motifs is 2. The minimum atomic E-state index is -5.00. The fourth-order valence-corrected chi connectivity index (χ4v) is 4.94. The first-order valence-electron chi connectivity index (χ1n) is 11.3. The molecule has 0 N–H and O–H groups in total. The Morgan fingerprint density at radius 3 is 2.30 bits per heavy atom. The normalized spacial score (nSPS) is 18.4. The summed E-state index contributed by atoms with van der Waals surface area (Å²) in [4.78, 5) is 50.8. The Morgan fingerprint density at radius 1 is 0.973 bits per heavy atom. The summed E-state index contributed by atoms with van der Waals surface area (Å²) in [5.74, 6) is 3.13. The van der Waals surface area contributed by atoms with Crippen molar-refractivity contribution in [3.8, 4) is 11.8 Å². The predicted octanol–water partition coefficient (Wildman–Crippen LogP) is -1.14. The van der Waals surface area contributed by atoms with Crippen LogP contribution in [0.2, 0.25) is 0 Å². The molecule has 4 rings (SSSR count). The predicted molar refractivity (Wildman–Crippen MR) is 127 cm³/mol. The van der Waals surface area contributed by atoms with Crippen LogP contribution in [0.25, 0.3) is 0 Å². The second-order valence-corrected chi connectivity index (χ2v) is 10.1. The molecule has 9 nitrogen and oxygen atoms in total. The van der Waals surface area contributed by atoms with Gasteiger partial charge in [-0.3, -0.25) is 19.2 Å². The van der Waals surface area contributed by atoms with Gasteiger partial charge >= 0.3 is 35.5 Å². The number of carbonyl (C=O) groups is 4. The SMILES string of the molecule is O=C(CCCCC(=O)N1Cc2ccccc2C#Cc2ccccc21)OC1C(=O)C[C@H](S(=O)(=O)[O-])C1=O.[Na+]. The number of amides is 1. The number of esters is 1. The molecular formula is C26H22NNaO8S. The van der Waals surface area contributed by atoms with Crippen LogP contribution in [0.5, 0.6) is 0 Å². The molecule has 0 spiro atoms. The van der Waals surface area contributed by atoms with Gasteiger partial charge in [0.05, 0.1) is 12.2 Å². The standard InChI is InChI=1S/C26H23NO8S.Na/c28-21-15-22(36(32,33)34)25(31)26(21)35-24(30)12-6-5-11-23(29)27-16-19-9-2-1-7-17(19)13-14-18-8-3-4-10-20(18)27;/h1-4,7-10,22,26H,5-6,11-12,15-16H2,(H,32,33,34);/q;+1/p-1/t22-,26?;/m0./s1. The molecule has 1 unspecified atom stereocenters. The average Bonchev–Trinajstić information content (AvgIpc) is 3.12. The van der Waals surface area contributed by atoms with Crippen LogP contribution in [0.4, 0.5) is 5.69 Å². The molecule has 1 heterocycles. The molecule has 0 aromatic heterocycles. The zero-order chi connectivity index (χ0) is 25.9. The van der Waals surface area contributed by atoms with Gasteiger partial charge in [0.15, 0.2) is 11.6 Å². The zero-order valence-corrected chi connectivity index (χ0v) is 23.0. The number of nitrogens with zero attached hydrogens (tertiary/aromatic N) is 1. The van der Waals surface area contributed by atoms with E-state index in [2.05, 4.69) is 11.8 Å². The fraction of sp³-hybridized carbons (Fsp3) is 0.308. The van der Waals surface area contributed by atoms with Gasteiger partial charge < -0.3 is 14.2 Å². The van der Waals surface area contributed by atoms with Gasteiger partial charge in [0.2, 0.25) is 12.0 Å². The van der Waals surface area contributed by atoms with E-state index in [1.807, 2.05) is 48.5 Å². The van der Waals surface area contributed by atoms with Crippen molar-refractivity contribution in [1.82, 2.24) is 0 Å². The molecule has 11 heteroatoms. The Kier molecular flexibility index (Phi) is 9.45. The van der Waals surface area contributed by atoms with Crippen LogP contribution in [0.1, 0.15) is 48.8 Å². The number of rotatable bonds is 7. The summed E-state index contributed by atoms with van der Waals surface area (Å²) >= 11 is 0. The van der Waals surface area contributed by atoms with Crippen molar-refractivity contribution in [2.24, 2.45) is 0 Å². The van der Waals surface area contributed by atoms with E-state index in [1.165, 1.54) is 0 Å². The number of ether oxygens (including phenoxy) is 1. The van der Waals surface area contributed by atoms with Crippen molar-refractivity contribution in [1.29, 1.82) is 0 Å². The monoisotopic (exact) mass is 531 g/mol. The Labute approximate surface area is 236 Å². The molecule has 37 heavy (non-hydrogen) atoms. The van der Waals surface area contributed by atoms with Crippen molar-refractivity contribution >= 4 is 39.2 Å². The number of Topliss-reactive ketones (excluding diaryl/α,β-unsaturated/α-hetero) is 2. The van der Waals surface area contributed by atoms with Crippen LogP contribution in [-0.2, 0) is 40.6 Å². The maximum absolute atomic E-state index is 13.2. The van der Waals surface area contributed by atoms with Gasteiger partial charge in [-0.05, 0) is 36.6 Å². The molecule has 0 bridgehead atoms. The Balaban J connectivity index is 0.00000380. The third kappa shape index (κ3) is 6.74. The number of ketones is 2. The van der Waals surface area contributed by atoms with Gasteiger partial charge in [-0.1, -0.05) is 42.2 Å². The van der Waals surface area contributed by atoms with Crippen molar-refractivity contribution in [2.45, 2.75) is 50.0 Å². The van der Waals surface area contributed by atoms with E-state index in [-0.39, 0.29) is 54.7 Å². The Hall–Kier alpha value is -2.81. The van der Waals surface area contributed by atoms with Crippen molar-refractivity contribution < 1.29 is 66.4 Å².